The van der Waals surface area contributed by atoms with Crippen LogP contribution >= 0.6 is 0 Å². The highest BCUT2D eigenvalue weighted by molar-refractivity contribution is 5.85. The number of carbonyl (C=O) groups excluding carboxylic acids is 1. The van der Waals surface area contributed by atoms with Gasteiger partial charge < -0.3 is 4.74 Å². The second-order valence-corrected chi connectivity index (χ2v) is 4.40. The zero-order valence-corrected chi connectivity index (χ0v) is 9.57. The normalized spacial score (nSPS) is 11.2. The van der Waals surface area contributed by atoms with Crippen LogP contribution in [0.4, 0.5) is 0 Å². The molecule has 0 aromatic carbocycles. The minimum absolute atomic E-state index is 0.156. The maximum Gasteiger partial charge on any atom is 0.216 e. The Morgan fingerprint density at radius 2 is 2.07 bits per heavy atom. The van der Waals surface area contributed by atoms with Gasteiger partial charge in [0.2, 0.25) is 5.88 Å². The third kappa shape index (κ3) is 3.31. The van der Waals surface area contributed by atoms with Gasteiger partial charge in [0.15, 0.2) is 0 Å². The SMILES string of the molecule is COc1cc(CC(=O)C(C)(C)C)ncn1. The molecule has 0 radical (unpaired) electrons. The topological polar surface area (TPSA) is 52.1 Å². The Morgan fingerprint density at radius 3 is 2.60 bits per heavy atom. The highest BCUT2D eigenvalue weighted by atomic mass is 16.5. The lowest BCUT2D eigenvalue weighted by molar-refractivity contribution is -0.125. The van der Waals surface area contributed by atoms with Crippen molar-refractivity contribution in [2.24, 2.45) is 5.41 Å². The Morgan fingerprint density at radius 1 is 1.40 bits per heavy atom. The van der Waals surface area contributed by atoms with E-state index in [-0.39, 0.29) is 11.2 Å². The summed E-state index contributed by atoms with van der Waals surface area (Å²) in [4.78, 5) is 19.6. The Kier molecular flexibility index (Phi) is 3.39. The van der Waals surface area contributed by atoms with Gasteiger partial charge in [-0.25, -0.2) is 9.97 Å². The number of aromatic nitrogens is 2. The molecule has 0 atom stereocenters. The van der Waals surface area contributed by atoms with E-state index in [1.165, 1.54) is 13.4 Å². The van der Waals surface area contributed by atoms with E-state index in [1.807, 2.05) is 20.8 Å². The highest BCUT2D eigenvalue weighted by Crippen LogP contribution is 2.17. The lowest BCUT2D eigenvalue weighted by Crippen LogP contribution is -2.22. The summed E-state index contributed by atoms with van der Waals surface area (Å²) in [5.74, 6) is 0.643. The summed E-state index contributed by atoms with van der Waals surface area (Å²) in [6, 6.07) is 1.68. The van der Waals surface area contributed by atoms with Crippen molar-refractivity contribution in [1.82, 2.24) is 9.97 Å². The summed E-state index contributed by atoms with van der Waals surface area (Å²) in [6.07, 6.45) is 1.73. The molecule has 0 unspecified atom stereocenters. The van der Waals surface area contributed by atoms with Crippen molar-refractivity contribution in [3.8, 4) is 5.88 Å². The van der Waals surface area contributed by atoms with Gasteiger partial charge in [-0.05, 0) is 0 Å². The van der Waals surface area contributed by atoms with Gasteiger partial charge in [0.25, 0.3) is 0 Å². The minimum atomic E-state index is -0.335. The minimum Gasteiger partial charge on any atom is -0.481 e. The Hall–Kier alpha value is -1.45. The molecule has 0 spiro atoms. The van der Waals surface area contributed by atoms with Crippen molar-refractivity contribution in [1.29, 1.82) is 0 Å². The van der Waals surface area contributed by atoms with Gasteiger partial charge in [-0.1, -0.05) is 20.8 Å². The average Bonchev–Trinajstić information content (AvgIpc) is 2.16. The molecular formula is C11H16N2O2. The number of ether oxygens (including phenoxy) is 1. The van der Waals surface area contributed by atoms with Crippen molar-refractivity contribution >= 4 is 5.78 Å². The summed E-state index contributed by atoms with van der Waals surface area (Å²) >= 11 is 0. The van der Waals surface area contributed by atoms with Crippen LogP contribution in [0, 0.1) is 5.41 Å². The molecule has 4 nitrogen and oxygen atoms in total. The number of hydrogen-bond donors (Lipinski definition) is 0. The number of rotatable bonds is 3. The van der Waals surface area contributed by atoms with Crippen molar-refractivity contribution in [3.63, 3.8) is 0 Å². The van der Waals surface area contributed by atoms with Gasteiger partial charge in [-0.3, -0.25) is 4.79 Å². The summed E-state index contributed by atoms with van der Waals surface area (Å²) in [7, 11) is 1.54. The average molecular weight is 208 g/mol. The van der Waals surface area contributed by atoms with Gasteiger partial charge in [-0.2, -0.15) is 0 Å². The lowest BCUT2D eigenvalue weighted by atomic mass is 9.88. The van der Waals surface area contributed by atoms with E-state index in [1.54, 1.807) is 6.07 Å². The quantitative estimate of drug-likeness (QED) is 0.757. The molecule has 0 N–H and O–H groups in total. The van der Waals surface area contributed by atoms with Gasteiger partial charge >= 0.3 is 0 Å². The zero-order valence-electron chi connectivity index (χ0n) is 9.57. The van der Waals surface area contributed by atoms with Crippen LogP contribution in [0.5, 0.6) is 5.88 Å². The van der Waals surface area contributed by atoms with Gasteiger partial charge in [0, 0.05) is 17.9 Å². The fourth-order valence-corrected chi connectivity index (χ4v) is 1.01. The number of nitrogens with zero attached hydrogens (tertiary/aromatic N) is 2. The molecule has 15 heavy (non-hydrogen) atoms. The fraction of sp³-hybridized carbons (Fsp3) is 0.545. The number of methoxy groups -OCH3 is 1. The molecule has 1 aromatic rings. The Bertz CT molecular complexity index is 356. The van der Waals surface area contributed by atoms with E-state index >= 15 is 0 Å². The van der Waals surface area contributed by atoms with Gasteiger partial charge in [0.1, 0.15) is 12.1 Å². The first-order chi connectivity index (χ1) is 6.93. The first-order valence-electron chi connectivity index (χ1n) is 4.81. The molecule has 1 aromatic heterocycles. The van der Waals surface area contributed by atoms with E-state index in [9.17, 15) is 4.79 Å². The molecule has 0 fully saturated rings. The van der Waals surface area contributed by atoms with Crippen molar-refractivity contribution in [2.45, 2.75) is 27.2 Å². The second-order valence-electron chi connectivity index (χ2n) is 4.40. The standard InChI is InChI=1S/C11H16N2O2/c1-11(2,3)9(14)5-8-6-10(15-4)13-7-12-8/h6-7H,5H2,1-4H3. The van der Waals surface area contributed by atoms with Crippen LogP contribution in [0.1, 0.15) is 26.5 Å². The number of carbonyl (C=O) groups is 1. The van der Waals surface area contributed by atoms with Crippen molar-refractivity contribution in [3.05, 3.63) is 18.1 Å². The van der Waals surface area contributed by atoms with E-state index in [0.717, 1.165) is 0 Å². The van der Waals surface area contributed by atoms with Crippen LogP contribution in [0.3, 0.4) is 0 Å². The monoisotopic (exact) mass is 208 g/mol. The molecule has 0 saturated carbocycles. The molecule has 4 heteroatoms. The lowest BCUT2D eigenvalue weighted by Gasteiger charge is -2.15. The van der Waals surface area contributed by atoms with Gasteiger partial charge in [0.05, 0.1) is 12.8 Å². The van der Waals surface area contributed by atoms with E-state index in [0.29, 0.717) is 18.0 Å². The number of ketones is 1. The van der Waals surface area contributed by atoms with Crippen molar-refractivity contribution < 1.29 is 9.53 Å². The number of hydrogen-bond acceptors (Lipinski definition) is 4. The molecule has 0 amide bonds. The summed E-state index contributed by atoms with van der Waals surface area (Å²) in [5.41, 5.74) is 0.361. The third-order valence-corrected chi connectivity index (χ3v) is 2.09. The predicted molar refractivity (Wildman–Crippen MR) is 56.8 cm³/mol. The maximum absolute atomic E-state index is 11.7. The first-order valence-corrected chi connectivity index (χ1v) is 4.81. The highest BCUT2D eigenvalue weighted by Gasteiger charge is 2.21. The molecule has 0 aliphatic heterocycles. The van der Waals surface area contributed by atoms with Crippen LogP contribution in [-0.4, -0.2) is 22.9 Å². The molecule has 0 saturated heterocycles. The van der Waals surface area contributed by atoms with Crippen molar-refractivity contribution in [2.75, 3.05) is 7.11 Å². The smallest absolute Gasteiger partial charge is 0.216 e. The molecule has 0 aliphatic carbocycles. The maximum atomic E-state index is 11.7. The van der Waals surface area contributed by atoms with Crippen LogP contribution in [0.15, 0.2) is 12.4 Å². The largest absolute Gasteiger partial charge is 0.481 e. The fourth-order valence-electron chi connectivity index (χ4n) is 1.01. The van der Waals surface area contributed by atoms with Gasteiger partial charge in [-0.15, -0.1) is 0 Å². The predicted octanol–water partition coefficient (Wildman–Crippen LogP) is 1.64. The first kappa shape index (κ1) is 11.6. The molecule has 0 bridgehead atoms. The van der Waals surface area contributed by atoms with Crippen LogP contribution in [-0.2, 0) is 11.2 Å². The van der Waals surface area contributed by atoms with Crippen LogP contribution in [0.2, 0.25) is 0 Å². The Labute approximate surface area is 89.7 Å². The van der Waals surface area contributed by atoms with Crippen LogP contribution < -0.4 is 4.74 Å². The van der Waals surface area contributed by atoms with E-state index in [4.69, 9.17) is 4.74 Å². The second kappa shape index (κ2) is 4.38. The third-order valence-electron chi connectivity index (χ3n) is 2.09. The number of Topliss-reactive ketones (excluding diaryl/α,β-unsaturated/α-hetero) is 1. The Balaban J connectivity index is 2.77. The van der Waals surface area contributed by atoms with E-state index < -0.39 is 0 Å². The molecular weight excluding hydrogens is 192 g/mol. The molecule has 1 rings (SSSR count). The van der Waals surface area contributed by atoms with E-state index in [2.05, 4.69) is 9.97 Å². The zero-order chi connectivity index (χ0) is 11.5. The summed E-state index contributed by atoms with van der Waals surface area (Å²) in [5, 5.41) is 0. The molecule has 82 valence electrons. The van der Waals surface area contributed by atoms with Crippen LogP contribution in [0.25, 0.3) is 0 Å². The summed E-state index contributed by atoms with van der Waals surface area (Å²) < 4.78 is 4.96. The molecule has 0 aliphatic rings. The summed E-state index contributed by atoms with van der Waals surface area (Å²) in [6.45, 7) is 5.69. The molecule has 1 heterocycles.